The fourth-order valence-corrected chi connectivity index (χ4v) is 2.61. The Morgan fingerprint density at radius 2 is 1.06 bits per heavy atom. The number of aryl methyl sites for hydroxylation is 1. The number of thioether (sulfide) groups is 1. The summed E-state index contributed by atoms with van der Waals surface area (Å²) in [7, 11) is 0. The van der Waals surface area contributed by atoms with Gasteiger partial charge in [-0.2, -0.15) is 0 Å². The summed E-state index contributed by atoms with van der Waals surface area (Å²) in [6, 6.07) is 17.3. The Balaban J connectivity index is 0.000000771. The SMILES string of the molecule is CC.CSc1ccc(Sc2ccc(C)cc2)cc1. The molecular weight excluding hydrogens is 256 g/mol. The number of hydrogen-bond acceptors (Lipinski definition) is 2. The molecule has 0 amide bonds. The van der Waals surface area contributed by atoms with Crippen LogP contribution in [0.2, 0.25) is 0 Å². The second-order valence-corrected chi connectivity index (χ2v) is 5.62. The highest BCUT2D eigenvalue weighted by atomic mass is 32.2. The van der Waals surface area contributed by atoms with Crippen molar-refractivity contribution in [2.24, 2.45) is 0 Å². The first-order valence-corrected chi connectivity index (χ1v) is 8.20. The maximum Gasteiger partial charge on any atom is 0.0123 e. The number of rotatable bonds is 3. The molecule has 18 heavy (non-hydrogen) atoms. The first-order valence-electron chi connectivity index (χ1n) is 6.16. The lowest BCUT2D eigenvalue weighted by molar-refractivity contribution is 1.33. The van der Waals surface area contributed by atoms with Crippen molar-refractivity contribution in [1.29, 1.82) is 0 Å². The van der Waals surface area contributed by atoms with Crippen molar-refractivity contribution in [2.45, 2.75) is 35.5 Å². The van der Waals surface area contributed by atoms with Crippen LogP contribution in [-0.4, -0.2) is 6.26 Å². The van der Waals surface area contributed by atoms with Crippen molar-refractivity contribution in [2.75, 3.05) is 6.26 Å². The summed E-state index contributed by atoms with van der Waals surface area (Å²) in [5, 5.41) is 0. The molecule has 0 nitrogen and oxygen atoms in total. The van der Waals surface area contributed by atoms with Gasteiger partial charge in [-0.15, -0.1) is 11.8 Å². The van der Waals surface area contributed by atoms with Crippen LogP contribution in [0.1, 0.15) is 19.4 Å². The molecule has 0 unspecified atom stereocenters. The Hall–Kier alpha value is -0.860. The van der Waals surface area contributed by atoms with Gasteiger partial charge in [0, 0.05) is 14.7 Å². The van der Waals surface area contributed by atoms with Crippen molar-refractivity contribution in [3.63, 3.8) is 0 Å². The third-order valence-electron chi connectivity index (χ3n) is 2.32. The fourth-order valence-electron chi connectivity index (χ4n) is 1.39. The topological polar surface area (TPSA) is 0 Å². The molecule has 0 aliphatic heterocycles. The van der Waals surface area contributed by atoms with E-state index in [9.17, 15) is 0 Å². The summed E-state index contributed by atoms with van der Waals surface area (Å²) in [4.78, 5) is 3.90. The van der Waals surface area contributed by atoms with Crippen molar-refractivity contribution < 1.29 is 0 Å². The minimum Gasteiger partial charge on any atom is -0.130 e. The van der Waals surface area contributed by atoms with Crippen LogP contribution >= 0.6 is 23.5 Å². The van der Waals surface area contributed by atoms with Crippen LogP contribution in [0, 0.1) is 6.92 Å². The third kappa shape index (κ3) is 4.79. The molecule has 2 heteroatoms. The van der Waals surface area contributed by atoms with Crippen molar-refractivity contribution >= 4 is 23.5 Å². The number of hydrogen-bond donors (Lipinski definition) is 0. The first-order chi connectivity index (χ1) is 8.78. The highest BCUT2D eigenvalue weighted by Gasteiger charge is 1.97. The van der Waals surface area contributed by atoms with E-state index in [0.717, 1.165) is 0 Å². The molecule has 0 fully saturated rings. The van der Waals surface area contributed by atoms with E-state index < -0.39 is 0 Å². The van der Waals surface area contributed by atoms with E-state index in [-0.39, 0.29) is 0 Å². The van der Waals surface area contributed by atoms with Gasteiger partial charge in [0.25, 0.3) is 0 Å². The zero-order valence-corrected chi connectivity index (χ0v) is 13.1. The third-order valence-corrected chi connectivity index (χ3v) is 4.08. The van der Waals surface area contributed by atoms with E-state index in [2.05, 4.69) is 61.7 Å². The van der Waals surface area contributed by atoms with E-state index in [1.165, 1.54) is 20.2 Å². The van der Waals surface area contributed by atoms with E-state index in [0.29, 0.717) is 0 Å². The van der Waals surface area contributed by atoms with Gasteiger partial charge in [-0.25, -0.2) is 0 Å². The summed E-state index contributed by atoms with van der Waals surface area (Å²) < 4.78 is 0. The van der Waals surface area contributed by atoms with E-state index >= 15 is 0 Å². The molecule has 2 aromatic rings. The molecule has 0 atom stereocenters. The van der Waals surface area contributed by atoms with Gasteiger partial charge in [-0.3, -0.25) is 0 Å². The molecule has 0 saturated heterocycles. The van der Waals surface area contributed by atoms with Crippen molar-refractivity contribution in [3.8, 4) is 0 Å². The highest BCUT2D eigenvalue weighted by molar-refractivity contribution is 7.99. The lowest BCUT2D eigenvalue weighted by Gasteiger charge is -2.03. The van der Waals surface area contributed by atoms with Gasteiger partial charge in [-0.05, 0) is 49.6 Å². The molecule has 0 aliphatic rings. The van der Waals surface area contributed by atoms with Gasteiger partial charge < -0.3 is 0 Å². The fraction of sp³-hybridized carbons (Fsp3) is 0.250. The van der Waals surface area contributed by atoms with E-state index in [1.807, 2.05) is 13.8 Å². The second-order valence-electron chi connectivity index (χ2n) is 3.59. The molecule has 0 heterocycles. The van der Waals surface area contributed by atoms with Crippen LogP contribution in [0.15, 0.2) is 63.2 Å². The lowest BCUT2D eigenvalue weighted by Crippen LogP contribution is -1.75. The smallest absolute Gasteiger partial charge is 0.0123 e. The normalized spacial score (nSPS) is 9.56. The zero-order valence-electron chi connectivity index (χ0n) is 11.4. The predicted molar refractivity (Wildman–Crippen MR) is 84.9 cm³/mol. The molecule has 0 aromatic heterocycles. The summed E-state index contributed by atoms with van der Waals surface area (Å²) >= 11 is 3.58. The Morgan fingerprint density at radius 3 is 1.50 bits per heavy atom. The summed E-state index contributed by atoms with van der Waals surface area (Å²) in [6.07, 6.45) is 2.10. The largest absolute Gasteiger partial charge is 0.130 e. The average molecular weight is 276 g/mol. The molecule has 2 rings (SSSR count). The minimum atomic E-state index is 1.29. The molecule has 0 bridgehead atoms. The minimum absolute atomic E-state index is 1.29. The summed E-state index contributed by atoms with van der Waals surface area (Å²) in [6.45, 7) is 6.11. The van der Waals surface area contributed by atoms with Crippen LogP contribution in [0.25, 0.3) is 0 Å². The molecule has 0 radical (unpaired) electrons. The molecular formula is C16H20S2. The maximum atomic E-state index is 2.18. The van der Waals surface area contributed by atoms with Gasteiger partial charge >= 0.3 is 0 Å². The van der Waals surface area contributed by atoms with Gasteiger partial charge in [0.2, 0.25) is 0 Å². The van der Waals surface area contributed by atoms with Crippen LogP contribution in [0.3, 0.4) is 0 Å². The van der Waals surface area contributed by atoms with Crippen LogP contribution in [0.4, 0.5) is 0 Å². The summed E-state index contributed by atoms with van der Waals surface area (Å²) in [5.41, 5.74) is 1.31. The molecule has 0 saturated carbocycles. The standard InChI is InChI=1S/C14H14S2.C2H6/c1-11-3-5-13(6-4-11)16-14-9-7-12(15-2)8-10-14;1-2/h3-10H,1-2H3;1-2H3. The van der Waals surface area contributed by atoms with Crippen LogP contribution < -0.4 is 0 Å². The Bertz CT molecular complexity index is 444. The Kier molecular flexibility index (Phi) is 6.99. The Labute approximate surface area is 119 Å². The van der Waals surface area contributed by atoms with Gasteiger partial charge in [0.1, 0.15) is 0 Å². The van der Waals surface area contributed by atoms with Gasteiger partial charge in [0.05, 0.1) is 0 Å². The van der Waals surface area contributed by atoms with Gasteiger partial charge in [0.15, 0.2) is 0 Å². The predicted octanol–water partition coefficient (Wildman–Crippen LogP) is 5.89. The maximum absolute atomic E-state index is 2.18. The molecule has 0 N–H and O–H groups in total. The lowest BCUT2D eigenvalue weighted by atomic mass is 10.2. The monoisotopic (exact) mass is 276 g/mol. The zero-order chi connectivity index (χ0) is 13.4. The van der Waals surface area contributed by atoms with Crippen molar-refractivity contribution in [3.05, 3.63) is 54.1 Å². The van der Waals surface area contributed by atoms with Crippen molar-refractivity contribution in [1.82, 2.24) is 0 Å². The quantitative estimate of drug-likeness (QED) is 0.641. The molecule has 0 aliphatic carbocycles. The molecule has 0 spiro atoms. The molecule has 96 valence electrons. The molecule has 2 aromatic carbocycles. The average Bonchev–Trinajstić information content (AvgIpc) is 2.44. The van der Waals surface area contributed by atoms with Crippen LogP contribution in [-0.2, 0) is 0 Å². The second kappa shape index (κ2) is 8.28. The van der Waals surface area contributed by atoms with E-state index in [1.54, 1.807) is 23.5 Å². The van der Waals surface area contributed by atoms with E-state index in [4.69, 9.17) is 0 Å². The van der Waals surface area contributed by atoms with Crippen LogP contribution in [0.5, 0.6) is 0 Å². The highest BCUT2D eigenvalue weighted by Crippen LogP contribution is 2.29. The Morgan fingerprint density at radius 1 is 0.667 bits per heavy atom. The first kappa shape index (κ1) is 15.2. The summed E-state index contributed by atoms with van der Waals surface area (Å²) in [5.74, 6) is 0. The van der Waals surface area contributed by atoms with Gasteiger partial charge in [-0.1, -0.05) is 43.3 Å². The number of benzene rings is 2.